The molecule has 4 rings (SSSR count). The Morgan fingerprint density at radius 2 is 1.71 bits per heavy atom. The number of aryl methyl sites for hydroxylation is 1. The first kappa shape index (κ1) is 20.3. The lowest BCUT2D eigenvalue weighted by Gasteiger charge is -2.16. The van der Waals surface area contributed by atoms with Gasteiger partial charge in [0.15, 0.2) is 23.0 Å². The maximum Gasteiger partial charge on any atom is 0.255 e. The van der Waals surface area contributed by atoms with Crippen molar-refractivity contribution >= 4 is 22.7 Å². The molecule has 0 saturated carbocycles. The normalized spacial score (nSPS) is 10.7. The summed E-state index contributed by atoms with van der Waals surface area (Å²) in [5.74, 6) is 1.50. The molecule has 0 radical (unpaired) electrons. The number of carbonyl (C=O) groups excluding carboxylic acids is 1. The third-order valence-electron chi connectivity index (χ3n) is 4.70. The van der Waals surface area contributed by atoms with E-state index in [1.807, 2.05) is 30.3 Å². The van der Waals surface area contributed by atoms with Crippen LogP contribution in [0.4, 0.5) is 5.69 Å². The smallest absolute Gasteiger partial charge is 0.255 e. The molecule has 4 aromatic rings. The molecule has 158 valence electrons. The van der Waals surface area contributed by atoms with E-state index in [9.17, 15) is 4.79 Å². The molecule has 0 aliphatic carbocycles. The van der Waals surface area contributed by atoms with Gasteiger partial charge in [0.2, 0.25) is 5.75 Å². The van der Waals surface area contributed by atoms with Crippen LogP contribution in [0.5, 0.6) is 17.2 Å². The minimum atomic E-state index is -0.314. The third kappa shape index (κ3) is 4.45. The van der Waals surface area contributed by atoms with Gasteiger partial charge in [-0.3, -0.25) is 4.79 Å². The Kier molecular flexibility index (Phi) is 5.75. The van der Waals surface area contributed by atoms with Crippen molar-refractivity contribution in [1.82, 2.24) is 4.98 Å². The summed E-state index contributed by atoms with van der Waals surface area (Å²) in [7, 11) is 3.04. The molecule has 31 heavy (non-hydrogen) atoms. The lowest BCUT2D eigenvalue weighted by molar-refractivity contribution is 0.102. The monoisotopic (exact) mass is 418 g/mol. The zero-order valence-electron chi connectivity index (χ0n) is 17.5. The van der Waals surface area contributed by atoms with Gasteiger partial charge in [0.05, 0.1) is 14.2 Å². The number of hydrogen-bond donors (Lipinski definition) is 1. The van der Waals surface area contributed by atoms with Crippen LogP contribution in [-0.4, -0.2) is 25.1 Å². The van der Waals surface area contributed by atoms with Gasteiger partial charge in [-0.05, 0) is 35.9 Å². The second-order valence-corrected chi connectivity index (χ2v) is 6.85. The molecule has 0 fully saturated rings. The molecule has 1 N–H and O–H groups in total. The predicted molar refractivity (Wildman–Crippen MR) is 117 cm³/mol. The summed E-state index contributed by atoms with van der Waals surface area (Å²) in [5, 5.41) is 2.87. The summed E-state index contributed by atoms with van der Waals surface area (Å²) in [6.07, 6.45) is 0. The molecular formula is C24H22N2O5. The zero-order chi connectivity index (χ0) is 21.8. The number of nitrogens with zero attached hydrogens (tertiary/aromatic N) is 1. The van der Waals surface area contributed by atoms with E-state index in [0.717, 1.165) is 5.56 Å². The van der Waals surface area contributed by atoms with Gasteiger partial charge in [-0.2, -0.15) is 0 Å². The molecule has 7 nitrogen and oxygen atoms in total. The van der Waals surface area contributed by atoms with Gasteiger partial charge in [0.25, 0.3) is 5.91 Å². The van der Waals surface area contributed by atoms with Gasteiger partial charge in [-0.25, -0.2) is 4.98 Å². The summed E-state index contributed by atoms with van der Waals surface area (Å²) >= 11 is 0. The van der Waals surface area contributed by atoms with Crippen LogP contribution in [0.15, 0.2) is 65.1 Å². The Morgan fingerprint density at radius 1 is 1.00 bits per heavy atom. The lowest BCUT2D eigenvalue weighted by Crippen LogP contribution is -2.12. The standard InChI is InChI=1S/C24H22N2O5/c1-15-25-19-13-18(9-10-20(19)31-15)26-24(27)17-11-21(28-2)23(22(12-17)29-3)30-14-16-7-5-4-6-8-16/h4-13H,14H2,1-3H3,(H,26,27). The Labute approximate surface area is 179 Å². The van der Waals surface area contributed by atoms with Crippen LogP contribution in [0.2, 0.25) is 0 Å². The van der Waals surface area contributed by atoms with E-state index in [0.29, 0.717) is 52.1 Å². The Morgan fingerprint density at radius 3 is 2.39 bits per heavy atom. The molecule has 1 aromatic heterocycles. The number of methoxy groups -OCH3 is 2. The summed E-state index contributed by atoms with van der Waals surface area (Å²) in [5.41, 5.74) is 3.33. The quantitative estimate of drug-likeness (QED) is 0.456. The average molecular weight is 418 g/mol. The van der Waals surface area contributed by atoms with Crippen molar-refractivity contribution < 1.29 is 23.4 Å². The first-order valence-electron chi connectivity index (χ1n) is 9.68. The molecule has 0 aliphatic heterocycles. The van der Waals surface area contributed by atoms with Crippen LogP contribution in [-0.2, 0) is 6.61 Å². The fourth-order valence-corrected chi connectivity index (χ4v) is 3.21. The minimum Gasteiger partial charge on any atom is -0.493 e. The van der Waals surface area contributed by atoms with E-state index in [1.165, 1.54) is 14.2 Å². The van der Waals surface area contributed by atoms with Crippen molar-refractivity contribution in [2.75, 3.05) is 19.5 Å². The van der Waals surface area contributed by atoms with Crippen LogP contribution in [0.3, 0.4) is 0 Å². The molecule has 0 bridgehead atoms. The number of nitrogens with one attached hydrogen (secondary N) is 1. The summed E-state index contributed by atoms with van der Waals surface area (Å²) in [4.78, 5) is 17.2. The van der Waals surface area contributed by atoms with Gasteiger partial charge in [0, 0.05) is 18.2 Å². The van der Waals surface area contributed by atoms with Crippen molar-refractivity contribution in [2.24, 2.45) is 0 Å². The molecule has 3 aromatic carbocycles. The Balaban J connectivity index is 1.57. The van der Waals surface area contributed by atoms with Crippen molar-refractivity contribution in [2.45, 2.75) is 13.5 Å². The topological polar surface area (TPSA) is 82.8 Å². The molecule has 7 heteroatoms. The van der Waals surface area contributed by atoms with E-state index in [-0.39, 0.29) is 5.91 Å². The maximum absolute atomic E-state index is 12.9. The molecule has 0 aliphatic rings. The highest BCUT2D eigenvalue weighted by atomic mass is 16.5. The highest BCUT2D eigenvalue weighted by Crippen LogP contribution is 2.39. The van der Waals surface area contributed by atoms with Crippen molar-refractivity contribution in [3.8, 4) is 17.2 Å². The second kappa shape index (κ2) is 8.79. The van der Waals surface area contributed by atoms with Crippen LogP contribution >= 0.6 is 0 Å². The Bertz CT molecular complexity index is 1190. The number of oxazole rings is 1. The number of benzene rings is 3. The number of hydrogen-bond acceptors (Lipinski definition) is 6. The number of fused-ring (bicyclic) bond motifs is 1. The van der Waals surface area contributed by atoms with E-state index in [2.05, 4.69) is 10.3 Å². The summed E-state index contributed by atoms with van der Waals surface area (Å²) in [6, 6.07) is 18.3. The van der Waals surface area contributed by atoms with Crippen LogP contribution in [0.1, 0.15) is 21.8 Å². The first-order chi connectivity index (χ1) is 15.1. The third-order valence-corrected chi connectivity index (χ3v) is 4.70. The van der Waals surface area contributed by atoms with E-state index in [4.69, 9.17) is 18.6 Å². The number of carbonyl (C=O) groups is 1. The van der Waals surface area contributed by atoms with Crippen molar-refractivity contribution in [3.05, 3.63) is 77.7 Å². The molecule has 1 heterocycles. The largest absolute Gasteiger partial charge is 0.493 e. The van der Waals surface area contributed by atoms with E-state index < -0.39 is 0 Å². The van der Waals surface area contributed by atoms with Gasteiger partial charge >= 0.3 is 0 Å². The highest BCUT2D eigenvalue weighted by Gasteiger charge is 2.18. The maximum atomic E-state index is 12.9. The fraction of sp³-hybridized carbons (Fsp3) is 0.167. The van der Waals surface area contributed by atoms with E-state index in [1.54, 1.807) is 37.3 Å². The van der Waals surface area contributed by atoms with Gasteiger partial charge in [-0.1, -0.05) is 30.3 Å². The minimum absolute atomic E-state index is 0.314. The predicted octanol–water partition coefficient (Wildman–Crippen LogP) is 4.98. The number of rotatable bonds is 7. The van der Waals surface area contributed by atoms with Gasteiger partial charge in [-0.15, -0.1) is 0 Å². The molecule has 0 spiro atoms. The lowest BCUT2D eigenvalue weighted by atomic mass is 10.1. The summed E-state index contributed by atoms with van der Waals surface area (Å²) < 4.78 is 22.4. The molecular weight excluding hydrogens is 396 g/mol. The van der Waals surface area contributed by atoms with Gasteiger partial charge < -0.3 is 23.9 Å². The van der Waals surface area contributed by atoms with Crippen LogP contribution in [0.25, 0.3) is 11.1 Å². The first-order valence-corrected chi connectivity index (χ1v) is 9.68. The Hall–Kier alpha value is -4.00. The van der Waals surface area contributed by atoms with E-state index >= 15 is 0 Å². The number of ether oxygens (including phenoxy) is 3. The fourth-order valence-electron chi connectivity index (χ4n) is 3.21. The molecule has 0 atom stereocenters. The summed E-state index contributed by atoms with van der Waals surface area (Å²) in [6.45, 7) is 2.12. The number of amides is 1. The van der Waals surface area contributed by atoms with Crippen molar-refractivity contribution in [3.63, 3.8) is 0 Å². The van der Waals surface area contributed by atoms with Gasteiger partial charge in [0.1, 0.15) is 12.1 Å². The number of anilines is 1. The molecule has 0 unspecified atom stereocenters. The average Bonchev–Trinajstić information content (AvgIpc) is 3.17. The second-order valence-electron chi connectivity index (χ2n) is 6.85. The highest BCUT2D eigenvalue weighted by molar-refractivity contribution is 6.05. The molecule has 0 saturated heterocycles. The SMILES string of the molecule is COc1cc(C(=O)Nc2ccc3oc(C)nc3c2)cc(OC)c1OCc1ccccc1. The zero-order valence-corrected chi connectivity index (χ0v) is 17.5. The molecule has 1 amide bonds. The number of aromatic nitrogens is 1. The van der Waals surface area contributed by atoms with Crippen molar-refractivity contribution in [1.29, 1.82) is 0 Å². The van der Waals surface area contributed by atoms with Crippen LogP contribution < -0.4 is 19.5 Å². The van der Waals surface area contributed by atoms with Crippen LogP contribution in [0, 0.1) is 6.92 Å².